The molecule has 6 nitrogen and oxygen atoms in total. The lowest BCUT2D eigenvalue weighted by Gasteiger charge is -2.26. The van der Waals surface area contributed by atoms with E-state index in [0.29, 0.717) is 31.1 Å². The largest absolute Gasteiger partial charge is 0.492 e. The number of benzene rings is 2. The van der Waals surface area contributed by atoms with Crippen LogP contribution in [0.4, 0.5) is 0 Å². The van der Waals surface area contributed by atoms with Gasteiger partial charge in [0.05, 0.1) is 13.2 Å². The van der Waals surface area contributed by atoms with Crippen LogP contribution in [0.1, 0.15) is 15.9 Å². The third kappa shape index (κ3) is 6.93. The second kappa shape index (κ2) is 11.2. The minimum Gasteiger partial charge on any atom is -0.492 e. The highest BCUT2D eigenvalue weighted by atomic mass is 16.5. The van der Waals surface area contributed by atoms with Crippen LogP contribution < -0.4 is 14.8 Å². The number of rotatable bonds is 10. The molecule has 29 heavy (non-hydrogen) atoms. The number of carbonyl (C=O) groups is 1. The van der Waals surface area contributed by atoms with Gasteiger partial charge in [0.1, 0.15) is 24.7 Å². The summed E-state index contributed by atoms with van der Waals surface area (Å²) >= 11 is 0. The first-order valence-electron chi connectivity index (χ1n) is 9.88. The van der Waals surface area contributed by atoms with Crippen LogP contribution in [-0.2, 0) is 11.3 Å². The summed E-state index contributed by atoms with van der Waals surface area (Å²) in [5.74, 6) is 1.40. The SMILES string of the molecule is C=CCOc1ccc(C(=O)NCc2cccc(OCCN3CCOCC3)c2)cc1. The smallest absolute Gasteiger partial charge is 0.251 e. The summed E-state index contributed by atoms with van der Waals surface area (Å²) < 4.78 is 16.7. The van der Waals surface area contributed by atoms with Crippen molar-refractivity contribution < 1.29 is 19.0 Å². The average molecular weight is 396 g/mol. The fraction of sp³-hybridized carbons (Fsp3) is 0.348. The van der Waals surface area contributed by atoms with Gasteiger partial charge in [0.25, 0.3) is 5.91 Å². The third-order valence-electron chi connectivity index (χ3n) is 4.62. The van der Waals surface area contributed by atoms with Crippen molar-refractivity contribution in [3.05, 3.63) is 72.3 Å². The predicted molar refractivity (Wildman–Crippen MR) is 113 cm³/mol. The Morgan fingerprint density at radius 3 is 2.66 bits per heavy atom. The van der Waals surface area contributed by atoms with Gasteiger partial charge in [0.15, 0.2) is 0 Å². The Hall–Kier alpha value is -2.83. The van der Waals surface area contributed by atoms with E-state index >= 15 is 0 Å². The van der Waals surface area contributed by atoms with Gasteiger partial charge in [-0.2, -0.15) is 0 Å². The number of nitrogens with zero attached hydrogens (tertiary/aromatic N) is 1. The molecule has 0 atom stereocenters. The zero-order valence-corrected chi connectivity index (χ0v) is 16.6. The van der Waals surface area contributed by atoms with Crippen molar-refractivity contribution in [1.29, 1.82) is 0 Å². The minimum absolute atomic E-state index is 0.126. The molecule has 1 saturated heterocycles. The van der Waals surface area contributed by atoms with Gasteiger partial charge < -0.3 is 19.5 Å². The van der Waals surface area contributed by atoms with Crippen LogP contribution in [0.5, 0.6) is 11.5 Å². The van der Waals surface area contributed by atoms with E-state index in [-0.39, 0.29) is 5.91 Å². The van der Waals surface area contributed by atoms with Crippen molar-refractivity contribution in [2.24, 2.45) is 0 Å². The maximum absolute atomic E-state index is 12.4. The van der Waals surface area contributed by atoms with E-state index in [1.165, 1.54) is 0 Å². The monoisotopic (exact) mass is 396 g/mol. The number of morpholine rings is 1. The number of nitrogens with one attached hydrogen (secondary N) is 1. The Bertz CT molecular complexity index is 786. The van der Waals surface area contributed by atoms with E-state index in [4.69, 9.17) is 14.2 Å². The predicted octanol–water partition coefficient (Wildman–Crippen LogP) is 2.89. The summed E-state index contributed by atoms with van der Waals surface area (Å²) in [6.07, 6.45) is 1.68. The van der Waals surface area contributed by atoms with Crippen molar-refractivity contribution in [2.45, 2.75) is 6.54 Å². The number of hydrogen-bond acceptors (Lipinski definition) is 5. The molecule has 2 aromatic rings. The Morgan fingerprint density at radius 2 is 1.90 bits per heavy atom. The van der Waals surface area contributed by atoms with Crippen molar-refractivity contribution in [3.63, 3.8) is 0 Å². The molecule has 0 aromatic heterocycles. The lowest BCUT2D eigenvalue weighted by molar-refractivity contribution is 0.0322. The first-order chi connectivity index (χ1) is 14.2. The van der Waals surface area contributed by atoms with Gasteiger partial charge in [-0.3, -0.25) is 9.69 Å². The van der Waals surface area contributed by atoms with Crippen LogP contribution >= 0.6 is 0 Å². The molecule has 0 unspecified atom stereocenters. The Kier molecular flexibility index (Phi) is 8.10. The van der Waals surface area contributed by atoms with Gasteiger partial charge in [-0.15, -0.1) is 0 Å². The van der Waals surface area contributed by atoms with Crippen molar-refractivity contribution in [3.8, 4) is 11.5 Å². The highest BCUT2D eigenvalue weighted by Gasteiger charge is 2.10. The van der Waals surface area contributed by atoms with Crippen LogP contribution in [0.25, 0.3) is 0 Å². The zero-order chi connectivity index (χ0) is 20.3. The number of ether oxygens (including phenoxy) is 3. The second-order valence-electron chi connectivity index (χ2n) is 6.76. The van der Waals surface area contributed by atoms with Crippen molar-refractivity contribution in [1.82, 2.24) is 10.2 Å². The molecule has 0 saturated carbocycles. The van der Waals surface area contributed by atoms with Gasteiger partial charge >= 0.3 is 0 Å². The molecule has 0 radical (unpaired) electrons. The van der Waals surface area contributed by atoms with Gasteiger partial charge in [-0.1, -0.05) is 24.8 Å². The normalized spacial score (nSPS) is 14.2. The number of hydrogen-bond donors (Lipinski definition) is 1. The van der Waals surface area contributed by atoms with E-state index in [2.05, 4.69) is 16.8 Å². The van der Waals surface area contributed by atoms with Crippen LogP contribution in [0.15, 0.2) is 61.2 Å². The molecule has 1 heterocycles. The van der Waals surface area contributed by atoms with Gasteiger partial charge in [0, 0.05) is 31.7 Å². The molecule has 0 spiro atoms. The molecule has 0 aliphatic carbocycles. The summed E-state index contributed by atoms with van der Waals surface area (Å²) in [6, 6.07) is 14.9. The Balaban J connectivity index is 1.44. The molecule has 1 fully saturated rings. The lowest BCUT2D eigenvalue weighted by atomic mass is 10.2. The number of carbonyl (C=O) groups excluding carboxylic acids is 1. The lowest BCUT2D eigenvalue weighted by Crippen LogP contribution is -2.38. The first kappa shape index (κ1) is 20.9. The summed E-state index contributed by atoms with van der Waals surface area (Å²) in [7, 11) is 0. The maximum Gasteiger partial charge on any atom is 0.251 e. The molecule has 3 rings (SSSR count). The Labute approximate surface area is 172 Å². The quantitative estimate of drug-likeness (QED) is 0.626. The number of amides is 1. The molecule has 0 bridgehead atoms. The molecule has 1 aliphatic rings. The molecule has 2 aromatic carbocycles. The minimum atomic E-state index is -0.126. The van der Waals surface area contributed by atoms with E-state index in [1.807, 2.05) is 24.3 Å². The van der Waals surface area contributed by atoms with E-state index in [0.717, 1.165) is 44.2 Å². The van der Waals surface area contributed by atoms with Crippen LogP contribution in [0, 0.1) is 0 Å². The molecular weight excluding hydrogens is 368 g/mol. The van der Waals surface area contributed by atoms with E-state index in [9.17, 15) is 4.79 Å². The fourth-order valence-corrected chi connectivity index (χ4v) is 3.00. The molecule has 6 heteroatoms. The molecule has 154 valence electrons. The van der Waals surface area contributed by atoms with Crippen LogP contribution in [-0.4, -0.2) is 56.9 Å². The summed E-state index contributed by atoms with van der Waals surface area (Å²) in [5, 5.41) is 2.94. The molecule has 1 N–H and O–H groups in total. The fourth-order valence-electron chi connectivity index (χ4n) is 3.00. The topological polar surface area (TPSA) is 60.0 Å². The molecule has 1 aliphatic heterocycles. The second-order valence-corrected chi connectivity index (χ2v) is 6.76. The first-order valence-corrected chi connectivity index (χ1v) is 9.88. The Morgan fingerprint density at radius 1 is 1.10 bits per heavy atom. The maximum atomic E-state index is 12.4. The van der Waals surface area contributed by atoms with Crippen LogP contribution in [0.2, 0.25) is 0 Å². The summed E-state index contributed by atoms with van der Waals surface area (Å²) in [5.41, 5.74) is 1.59. The standard InChI is InChI=1S/C23H28N2O4/c1-2-13-28-21-8-6-20(7-9-21)23(26)24-18-19-4-3-5-22(17-19)29-16-12-25-10-14-27-15-11-25/h2-9,17H,1,10-16,18H2,(H,24,26). The highest BCUT2D eigenvalue weighted by molar-refractivity contribution is 5.94. The van der Waals surface area contributed by atoms with Gasteiger partial charge in [-0.25, -0.2) is 0 Å². The van der Waals surface area contributed by atoms with E-state index < -0.39 is 0 Å². The van der Waals surface area contributed by atoms with Crippen molar-refractivity contribution in [2.75, 3.05) is 46.1 Å². The highest BCUT2D eigenvalue weighted by Crippen LogP contribution is 2.15. The summed E-state index contributed by atoms with van der Waals surface area (Å²) in [4.78, 5) is 14.7. The zero-order valence-electron chi connectivity index (χ0n) is 16.6. The van der Waals surface area contributed by atoms with Crippen LogP contribution in [0.3, 0.4) is 0 Å². The average Bonchev–Trinajstić information content (AvgIpc) is 2.77. The molecule has 1 amide bonds. The third-order valence-corrected chi connectivity index (χ3v) is 4.62. The van der Waals surface area contributed by atoms with Gasteiger partial charge in [-0.05, 0) is 42.0 Å². The molecular formula is C23H28N2O4. The van der Waals surface area contributed by atoms with Gasteiger partial charge in [0.2, 0.25) is 0 Å². The summed E-state index contributed by atoms with van der Waals surface area (Å²) in [6.45, 7) is 9.51. The van der Waals surface area contributed by atoms with Crippen molar-refractivity contribution >= 4 is 5.91 Å². The van der Waals surface area contributed by atoms with E-state index in [1.54, 1.807) is 30.3 Å².